The van der Waals surface area contributed by atoms with E-state index in [9.17, 15) is 20.4 Å². The first-order valence-electron chi connectivity index (χ1n) is 9.53. The van der Waals surface area contributed by atoms with Crippen LogP contribution < -0.4 is 5.32 Å². The van der Waals surface area contributed by atoms with E-state index in [0.717, 1.165) is 11.1 Å². The fourth-order valence-corrected chi connectivity index (χ4v) is 2.94. The van der Waals surface area contributed by atoms with Crippen molar-refractivity contribution in [3.63, 3.8) is 0 Å². The van der Waals surface area contributed by atoms with Gasteiger partial charge in [-0.2, -0.15) is 0 Å². The molecule has 0 atom stereocenters. The predicted molar refractivity (Wildman–Crippen MR) is 115 cm³/mol. The number of aromatic hydroxyl groups is 2. The molecule has 7 heteroatoms. The van der Waals surface area contributed by atoms with E-state index in [1.54, 1.807) is 24.6 Å². The molecule has 0 aliphatic carbocycles. The predicted octanol–water partition coefficient (Wildman–Crippen LogP) is 1.83. The largest absolute Gasteiger partial charge is 0.507 e. The maximum atomic E-state index is 10.1. The number of aryl methyl sites for hydroxylation is 2. The lowest BCUT2D eigenvalue weighted by Crippen LogP contribution is -2.20. The van der Waals surface area contributed by atoms with Crippen molar-refractivity contribution in [3.05, 3.63) is 57.6 Å². The zero-order chi connectivity index (χ0) is 21.2. The van der Waals surface area contributed by atoms with Crippen LogP contribution in [0, 0.1) is 13.8 Å². The standard InChI is InChI=1S/C22H29N3O4/c1-15-7-17(21(28)19(9-15)13-26)11-24-5-3-23-4-6-25-12-18-8-16(2)10-20(14-27)22(18)29/h7-12,23,26-29H,3-6,13-14H2,1-2H3. The van der Waals surface area contributed by atoms with E-state index in [2.05, 4.69) is 15.3 Å². The molecule has 29 heavy (non-hydrogen) atoms. The van der Waals surface area contributed by atoms with E-state index < -0.39 is 0 Å². The molecular formula is C22H29N3O4. The molecule has 5 N–H and O–H groups in total. The number of hydrogen-bond donors (Lipinski definition) is 5. The minimum atomic E-state index is -0.210. The lowest BCUT2D eigenvalue weighted by atomic mass is 10.1. The molecule has 0 spiro atoms. The Morgan fingerprint density at radius 2 is 1.17 bits per heavy atom. The van der Waals surface area contributed by atoms with E-state index >= 15 is 0 Å². The van der Waals surface area contributed by atoms with E-state index in [4.69, 9.17) is 0 Å². The Balaban J connectivity index is 1.75. The molecule has 0 aliphatic heterocycles. The summed E-state index contributed by atoms with van der Waals surface area (Å²) in [5.41, 5.74) is 4.09. The Morgan fingerprint density at radius 3 is 1.55 bits per heavy atom. The summed E-state index contributed by atoms with van der Waals surface area (Å²) in [5, 5.41) is 41.9. The maximum absolute atomic E-state index is 10.1. The molecule has 0 saturated carbocycles. The van der Waals surface area contributed by atoms with E-state index in [1.807, 2.05) is 26.0 Å². The molecule has 0 bridgehead atoms. The number of hydrogen-bond acceptors (Lipinski definition) is 7. The van der Waals surface area contributed by atoms with Gasteiger partial charge in [-0.25, -0.2) is 0 Å². The summed E-state index contributed by atoms with van der Waals surface area (Å²) in [6, 6.07) is 7.14. The number of phenols is 2. The molecule has 0 fully saturated rings. The van der Waals surface area contributed by atoms with Crippen LogP contribution in [-0.2, 0) is 13.2 Å². The lowest BCUT2D eigenvalue weighted by Gasteiger charge is -2.07. The Labute approximate surface area is 171 Å². The smallest absolute Gasteiger partial charge is 0.129 e. The summed E-state index contributed by atoms with van der Waals surface area (Å²) in [7, 11) is 0. The molecule has 0 amide bonds. The Hall–Kier alpha value is -2.74. The van der Waals surface area contributed by atoms with Gasteiger partial charge in [0, 0.05) is 47.8 Å². The van der Waals surface area contributed by atoms with Crippen molar-refractivity contribution in [1.82, 2.24) is 5.32 Å². The highest BCUT2D eigenvalue weighted by Crippen LogP contribution is 2.24. The average molecular weight is 399 g/mol. The van der Waals surface area contributed by atoms with Gasteiger partial charge in [0.05, 0.1) is 26.3 Å². The van der Waals surface area contributed by atoms with Crippen LogP contribution in [0.1, 0.15) is 33.4 Å². The van der Waals surface area contributed by atoms with Crippen LogP contribution in [0.4, 0.5) is 0 Å². The second-order valence-electron chi connectivity index (χ2n) is 6.86. The van der Waals surface area contributed by atoms with Gasteiger partial charge in [0.15, 0.2) is 0 Å². The van der Waals surface area contributed by atoms with Crippen molar-refractivity contribution >= 4 is 12.4 Å². The van der Waals surface area contributed by atoms with Gasteiger partial charge in [-0.1, -0.05) is 12.1 Å². The first kappa shape index (κ1) is 22.5. The maximum Gasteiger partial charge on any atom is 0.129 e. The van der Waals surface area contributed by atoms with Crippen LogP contribution in [0.5, 0.6) is 11.5 Å². The van der Waals surface area contributed by atoms with Crippen LogP contribution in [0.2, 0.25) is 0 Å². The van der Waals surface area contributed by atoms with Gasteiger partial charge in [0.1, 0.15) is 11.5 Å². The molecular weight excluding hydrogens is 370 g/mol. The fourth-order valence-electron chi connectivity index (χ4n) is 2.94. The van der Waals surface area contributed by atoms with E-state index in [1.165, 1.54) is 0 Å². The van der Waals surface area contributed by atoms with Crippen molar-refractivity contribution in [2.24, 2.45) is 9.98 Å². The Morgan fingerprint density at radius 1 is 0.759 bits per heavy atom. The summed E-state index contributed by atoms with van der Waals surface area (Å²) in [6.07, 6.45) is 3.22. The molecule has 0 unspecified atom stereocenters. The molecule has 2 aromatic rings. The van der Waals surface area contributed by atoms with Gasteiger partial charge in [0.25, 0.3) is 0 Å². The van der Waals surface area contributed by atoms with E-state index in [0.29, 0.717) is 48.4 Å². The van der Waals surface area contributed by atoms with Gasteiger partial charge in [-0.3, -0.25) is 9.98 Å². The molecule has 7 nitrogen and oxygen atoms in total. The fraction of sp³-hybridized carbons (Fsp3) is 0.364. The summed E-state index contributed by atoms with van der Waals surface area (Å²) in [6.45, 7) is 5.80. The second kappa shape index (κ2) is 11.3. The van der Waals surface area contributed by atoms with Crippen molar-refractivity contribution in [2.75, 3.05) is 26.2 Å². The molecule has 0 saturated heterocycles. The number of benzene rings is 2. The average Bonchev–Trinajstić information content (AvgIpc) is 2.70. The van der Waals surface area contributed by atoms with Gasteiger partial charge in [0.2, 0.25) is 0 Å². The number of aliphatic hydroxyl groups is 2. The van der Waals surface area contributed by atoms with Crippen molar-refractivity contribution in [1.29, 1.82) is 0 Å². The quantitative estimate of drug-likeness (QED) is 0.309. The summed E-state index contributed by atoms with van der Waals surface area (Å²) >= 11 is 0. The third-order valence-corrected chi connectivity index (χ3v) is 4.36. The topological polar surface area (TPSA) is 118 Å². The minimum absolute atomic E-state index is 0.0629. The van der Waals surface area contributed by atoms with Crippen LogP contribution in [-0.4, -0.2) is 59.0 Å². The molecule has 2 aromatic carbocycles. The molecule has 156 valence electrons. The van der Waals surface area contributed by atoms with Gasteiger partial charge >= 0.3 is 0 Å². The minimum Gasteiger partial charge on any atom is -0.507 e. The number of nitrogens with zero attached hydrogens (tertiary/aromatic N) is 2. The molecule has 0 heterocycles. The molecule has 2 rings (SSSR count). The summed E-state index contributed by atoms with van der Waals surface area (Å²) in [4.78, 5) is 8.60. The normalized spacial score (nSPS) is 11.7. The van der Waals surface area contributed by atoms with E-state index in [-0.39, 0.29) is 24.7 Å². The number of nitrogens with one attached hydrogen (secondary N) is 1. The Bertz CT molecular complexity index is 807. The van der Waals surface area contributed by atoms with Gasteiger partial charge in [-0.15, -0.1) is 0 Å². The lowest BCUT2D eigenvalue weighted by molar-refractivity contribution is 0.275. The molecule has 0 aliphatic rings. The third-order valence-electron chi connectivity index (χ3n) is 4.36. The SMILES string of the molecule is Cc1cc(C=NCCNCCN=Cc2cc(C)cc(CO)c2O)c(O)c(CO)c1. The highest BCUT2D eigenvalue weighted by molar-refractivity contribution is 5.85. The zero-order valence-electron chi connectivity index (χ0n) is 16.9. The first-order valence-corrected chi connectivity index (χ1v) is 9.53. The first-order chi connectivity index (χ1) is 14.0. The number of aliphatic imine (C=N–C) groups is 2. The summed E-state index contributed by atoms with van der Waals surface area (Å²) < 4.78 is 0. The van der Waals surface area contributed by atoms with Crippen LogP contribution in [0.3, 0.4) is 0 Å². The molecule has 0 radical (unpaired) electrons. The molecule has 0 aromatic heterocycles. The van der Waals surface area contributed by atoms with Crippen molar-refractivity contribution in [3.8, 4) is 11.5 Å². The monoisotopic (exact) mass is 399 g/mol. The number of aliphatic hydroxyl groups excluding tert-OH is 2. The third kappa shape index (κ3) is 6.67. The second-order valence-corrected chi connectivity index (χ2v) is 6.86. The highest BCUT2D eigenvalue weighted by Gasteiger charge is 2.07. The van der Waals surface area contributed by atoms with Crippen molar-refractivity contribution < 1.29 is 20.4 Å². The van der Waals surface area contributed by atoms with Gasteiger partial charge in [-0.05, 0) is 37.1 Å². The van der Waals surface area contributed by atoms with Gasteiger partial charge < -0.3 is 25.7 Å². The van der Waals surface area contributed by atoms with Crippen molar-refractivity contribution in [2.45, 2.75) is 27.1 Å². The van der Waals surface area contributed by atoms with Crippen LogP contribution in [0.15, 0.2) is 34.3 Å². The highest BCUT2D eigenvalue weighted by atomic mass is 16.3. The van der Waals surface area contributed by atoms with Crippen LogP contribution in [0.25, 0.3) is 0 Å². The Kier molecular flexibility index (Phi) is 8.79. The number of rotatable bonds is 10. The van der Waals surface area contributed by atoms with Crippen LogP contribution >= 0.6 is 0 Å². The zero-order valence-corrected chi connectivity index (χ0v) is 16.9. The summed E-state index contributed by atoms with van der Waals surface area (Å²) in [5.74, 6) is 0.126.